The van der Waals surface area contributed by atoms with E-state index >= 15 is 0 Å². The van der Waals surface area contributed by atoms with E-state index in [0.29, 0.717) is 31.2 Å². The fraction of sp³-hybridized carbons (Fsp3) is 0.550. The summed E-state index contributed by atoms with van der Waals surface area (Å²) >= 11 is 5.58. The van der Waals surface area contributed by atoms with Crippen molar-refractivity contribution < 1.29 is 19.5 Å². The second kappa shape index (κ2) is 13.5. The Balaban J connectivity index is 0.00000729. The van der Waals surface area contributed by atoms with Gasteiger partial charge in [-0.3, -0.25) is 19.3 Å². The Kier molecular flexibility index (Phi) is 12.7. The summed E-state index contributed by atoms with van der Waals surface area (Å²) in [6, 6.07) is 7.61. The van der Waals surface area contributed by atoms with Gasteiger partial charge in [0.25, 0.3) is 5.24 Å². The molecule has 158 valence electrons. The number of likely N-dealkylation sites (N-methyl/N-ethyl adjacent to an activating group) is 1. The minimum Gasteiger partial charge on any atom is -0.481 e. The number of nitrogens with zero attached hydrogens (tertiary/aromatic N) is 2. The predicted octanol–water partition coefficient (Wildman–Crippen LogP) is 3.80. The summed E-state index contributed by atoms with van der Waals surface area (Å²) in [5, 5.41) is 8.23. The molecule has 0 aliphatic heterocycles. The third-order valence-electron chi connectivity index (χ3n) is 4.70. The number of carbonyl (C=O) groups is 3. The standard InChI is InChI=1S/C20H29ClN2O4.ClH/c1-4-17(5-2)23(12-11-22(3)18(24)9-10-19(25)26)14-15-7-6-8-16(13-15)20(21)27;/h6-8,13,17H,4-5,9-12,14H2,1-3H3,(H,25,26);1H. The van der Waals surface area contributed by atoms with Gasteiger partial charge in [0.15, 0.2) is 0 Å². The summed E-state index contributed by atoms with van der Waals surface area (Å²) in [7, 11) is 1.70. The van der Waals surface area contributed by atoms with Crippen molar-refractivity contribution in [2.24, 2.45) is 0 Å². The largest absolute Gasteiger partial charge is 0.481 e. The number of aliphatic carboxylic acids is 1. The molecule has 1 amide bonds. The smallest absolute Gasteiger partial charge is 0.303 e. The monoisotopic (exact) mass is 432 g/mol. The van der Waals surface area contributed by atoms with Gasteiger partial charge in [-0.2, -0.15) is 0 Å². The Morgan fingerprint density at radius 3 is 2.29 bits per heavy atom. The number of amides is 1. The molecule has 1 aromatic carbocycles. The molecule has 0 aliphatic rings. The van der Waals surface area contributed by atoms with Gasteiger partial charge in [-0.1, -0.05) is 32.0 Å². The highest BCUT2D eigenvalue weighted by Crippen LogP contribution is 2.16. The Morgan fingerprint density at radius 2 is 1.75 bits per heavy atom. The fourth-order valence-corrected chi connectivity index (χ4v) is 3.15. The molecule has 0 heterocycles. The molecule has 1 rings (SSSR count). The average Bonchev–Trinajstić information content (AvgIpc) is 2.64. The molecule has 0 saturated carbocycles. The molecule has 6 nitrogen and oxygen atoms in total. The van der Waals surface area contributed by atoms with Gasteiger partial charge in [0.1, 0.15) is 0 Å². The van der Waals surface area contributed by atoms with Gasteiger partial charge in [0, 0.05) is 44.7 Å². The number of rotatable bonds is 12. The van der Waals surface area contributed by atoms with Crippen LogP contribution in [0.3, 0.4) is 0 Å². The van der Waals surface area contributed by atoms with Crippen LogP contribution >= 0.6 is 24.0 Å². The van der Waals surface area contributed by atoms with Crippen LogP contribution in [0, 0.1) is 0 Å². The molecule has 0 unspecified atom stereocenters. The molecule has 0 aliphatic carbocycles. The summed E-state index contributed by atoms with van der Waals surface area (Å²) < 4.78 is 0. The highest BCUT2D eigenvalue weighted by atomic mass is 35.5. The van der Waals surface area contributed by atoms with Gasteiger partial charge in [-0.15, -0.1) is 12.4 Å². The van der Waals surface area contributed by atoms with Crippen LogP contribution in [0.2, 0.25) is 0 Å². The van der Waals surface area contributed by atoms with Crippen LogP contribution in [0.25, 0.3) is 0 Å². The molecule has 1 aromatic rings. The molecule has 0 bridgehead atoms. The normalized spacial score (nSPS) is 10.6. The number of hydrogen-bond acceptors (Lipinski definition) is 4. The average molecular weight is 433 g/mol. The SMILES string of the molecule is CCC(CC)N(CCN(C)C(=O)CCC(=O)O)Cc1cccc(C(=O)Cl)c1.Cl. The molecule has 0 atom stereocenters. The number of benzene rings is 1. The topological polar surface area (TPSA) is 77.9 Å². The summed E-state index contributed by atoms with van der Waals surface area (Å²) in [4.78, 5) is 37.9. The zero-order valence-electron chi connectivity index (χ0n) is 16.7. The molecule has 0 saturated heterocycles. The van der Waals surface area contributed by atoms with Crippen LogP contribution in [0.5, 0.6) is 0 Å². The number of halogens is 2. The first-order valence-corrected chi connectivity index (χ1v) is 9.64. The third-order valence-corrected chi connectivity index (χ3v) is 4.92. The molecule has 1 N–H and O–H groups in total. The van der Waals surface area contributed by atoms with Gasteiger partial charge in [0.2, 0.25) is 5.91 Å². The molecule has 0 radical (unpaired) electrons. The Morgan fingerprint density at radius 1 is 1.11 bits per heavy atom. The van der Waals surface area contributed by atoms with Crippen LogP contribution in [-0.2, 0) is 16.1 Å². The van der Waals surface area contributed by atoms with Crippen molar-refractivity contribution in [3.63, 3.8) is 0 Å². The van der Waals surface area contributed by atoms with Crippen LogP contribution in [0.4, 0.5) is 0 Å². The number of carboxylic acids is 1. The Bertz CT molecular complexity index is 651. The Labute approximate surface area is 178 Å². The van der Waals surface area contributed by atoms with E-state index in [4.69, 9.17) is 16.7 Å². The van der Waals surface area contributed by atoms with Gasteiger partial charge in [-0.05, 0) is 36.1 Å². The van der Waals surface area contributed by atoms with Crippen molar-refractivity contribution in [3.05, 3.63) is 35.4 Å². The molecule has 0 spiro atoms. The van der Waals surface area contributed by atoms with E-state index in [1.54, 1.807) is 24.1 Å². The zero-order chi connectivity index (χ0) is 20.4. The van der Waals surface area contributed by atoms with Crippen molar-refractivity contribution in [2.75, 3.05) is 20.1 Å². The zero-order valence-corrected chi connectivity index (χ0v) is 18.3. The highest BCUT2D eigenvalue weighted by Gasteiger charge is 2.18. The molecule has 0 fully saturated rings. The summed E-state index contributed by atoms with van der Waals surface area (Å²) in [6.45, 7) is 6.09. The van der Waals surface area contributed by atoms with E-state index < -0.39 is 11.2 Å². The van der Waals surface area contributed by atoms with Crippen molar-refractivity contribution in [1.29, 1.82) is 0 Å². The number of carboxylic acid groups (broad SMARTS) is 1. The summed E-state index contributed by atoms with van der Waals surface area (Å²) in [5.41, 5.74) is 1.47. The van der Waals surface area contributed by atoms with Gasteiger partial charge in [-0.25, -0.2) is 0 Å². The first-order valence-electron chi connectivity index (χ1n) is 9.27. The lowest BCUT2D eigenvalue weighted by molar-refractivity contribution is -0.140. The maximum Gasteiger partial charge on any atom is 0.303 e. The van der Waals surface area contributed by atoms with E-state index in [2.05, 4.69) is 18.7 Å². The van der Waals surface area contributed by atoms with E-state index in [1.807, 2.05) is 12.1 Å². The maximum atomic E-state index is 12.0. The van der Waals surface area contributed by atoms with Gasteiger partial charge >= 0.3 is 5.97 Å². The van der Waals surface area contributed by atoms with Crippen molar-refractivity contribution in [2.45, 2.75) is 52.1 Å². The minimum atomic E-state index is -0.968. The van der Waals surface area contributed by atoms with Crippen LogP contribution in [-0.4, -0.2) is 58.2 Å². The second-order valence-electron chi connectivity index (χ2n) is 6.62. The predicted molar refractivity (Wildman–Crippen MR) is 113 cm³/mol. The van der Waals surface area contributed by atoms with Crippen LogP contribution < -0.4 is 0 Å². The molecular weight excluding hydrogens is 403 g/mol. The maximum absolute atomic E-state index is 12.0. The number of hydrogen-bond donors (Lipinski definition) is 1. The lowest BCUT2D eigenvalue weighted by Crippen LogP contribution is -2.41. The van der Waals surface area contributed by atoms with Crippen LogP contribution in [0.1, 0.15) is 55.5 Å². The highest BCUT2D eigenvalue weighted by molar-refractivity contribution is 6.67. The first kappa shape index (κ1) is 26.4. The lowest BCUT2D eigenvalue weighted by atomic mass is 10.1. The third kappa shape index (κ3) is 9.04. The summed E-state index contributed by atoms with van der Waals surface area (Å²) in [6.07, 6.45) is 1.80. The van der Waals surface area contributed by atoms with E-state index in [0.717, 1.165) is 18.4 Å². The quantitative estimate of drug-likeness (QED) is 0.508. The number of carbonyl (C=O) groups excluding carboxylic acids is 2. The first-order chi connectivity index (χ1) is 12.8. The van der Waals surface area contributed by atoms with Crippen LogP contribution in [0.15, 0.2) is 24.3 Å². The second-order valence-corrected chi connectivity index (χ2v) is 6.97. The molecule has 8 heteroatoms. The fourth-order valence-electron chi connectivity index (χ4n) is 3.03. The van der Waals surface area contributed by atoms with E-state index in [1.165, 1.54) is 0 Å². The van der Waals surface area contributed by atoms with Crippen molar-refractivity contribution in [1.82, 2.24) is 9.80 Å². The lowest BCUT2D eigenvalue weighted by Gasteiger charge is -2.32. The van der Waals surface area contributed by atoms with E-state index in [9.17, 15) is 14.4 Å². The molecular formula is C20H30Cl2N2O4. The Hall–Kier alpha value is -1.63. The minimum absolute atomic E-state index is 0. The molecule has 28 heavy (non-hydrogen) atoms. The van der Waals surface area contributed by atoms with Crippen molar-refractivity contribution in [3.8, 4) is 0 Å². The van der Waals surface area contributed by atoms with Gasteiger partial charge < -0.3 is 10.0 Å². The molecule has 0 aromatic heterocycles. The van der Waals surface area contributed by atoms with Crippen molar-refractivity contribution >= 4 is 41.1 Å². The summed E-state index contributed by atoms with van der Waals surface area (Å²) in [5.74, 6) is -1.14. The van der Waals surface area contributed by atoms with E-state index in [-0.39, 0.29) is 31.2 Å². The van der Waals surface area contributed by atoms with Gasteiger partial charge in [0.05, 0.1) is 6.42 Å².